The number of aromatic nitrogens is 4. The summed E-state index contributed by atoms with van der Waals surface area (Å²) in [5, 5.41) is 15.0. The Labute approximate surface area is 158 Å². The van der Waals surface area contributed by atoms with Crippen molar-refractivity contribution in [2.45, 2.75) is 11.1 Å². The summed E-state index contributed by atoms with van der Waals surface area (Å²) < 4.78 is 41.2. The van der Waals surface area contributed by atoms with Crippen molar-refractivity contribution in [3.05, 3.63) is 47.4 Å². The highest BCUT2D eigenvalue weighted by Crippen LogP contribution is 2.21. The molecule has 27 heavy (non-hydrogen) atoms. The minimum Gasteiger partial charge on any atom is -0.322 e. The van der Waals surface area contributed by atoms with Gasteiger partial charge < -0.3 is 5.32 Å². The highest BCUT2D eigenvalue weighted by Gasteiger charge is 2.24. The summed E-state index contributed by atoms with van der Waals surface area (Å²) in [6.45, 7) is 1.21. The van der Waals surface area contributed by atoms with Crippen molar-refractivity contribution in [3.63, 3.8) is 0 Å². The van der Waals surface area contributed by atoms with E-state index in [1.807, 2.05) is 0 Å². The maximum atomic E-state index is 14.1. The van der Waals surface area contributed by atoms with Crippen molar-refractivity contribution in [2.75, 3.05) is 18.9 Å². The normalized spacial score (nSPS) is 11.7. The van der Waals surface area contributed by atoms with Gasteiger partial charge in [0.15, 0.2) is 5.82 Å². The Morgan fingerprint density at radius 2 is 2.15 bits per heavy atom. The van der Waals surface area contributed by atoms with Gasteiger partial charge in [0.25, 0.3) is 10.0 Å². The molecule has 0 unspecified atom stereocenters. The minimum atomic E-state index is -3.78. The molecule has 142 valence electrons. The number of thiophene rings is 1. The monoisotopic (exact) mass is 410 g/mol. The number of amides is 1. The number of hydrogen-bond donors (Lipinski definition) is 1. The summed E-state index contributed by atoms with van der Waals surface area (Å²) in [4.78, 5) is 12.2. The number of benzene rings is 1. The molecule has 0 radical (unpaired) electrons. The van der Waals surface area contributed by atoms with Crippen molar-refractivity contribution in [3.8, 4) is 5.69 Å². The standard InChI is InChI=1S/C15H15FN6O3S2/c1-10-18-19-20-22(10)11-5-6-12(16)13(8-11)17-14(23)9-21(2)27(24,25)15-4-3-7-26-15/h3-8H,9H2,1-2H3,(H,17,23). The summed E-state index contributed by atoms with van der Waals surface area (Å²) in [7, 11) is -2.49. The third-order valence-corrected chi connectivity index (χ3v) is 6.80. The van der Waals surface area contributed by atoms with E-state index >= 15 is 0 Å². The second-order valence-electron chi connectivity index (χ2n) is 5.54. The van der Waals surface area contributed by atoms with Crippen LogP contribution in [-0.4, -0.2) is 52.4 Å². The van der Waals surface area contributed by atoms with Crippen LogP contribution < -0.4 is 5.32 Å². The van der Waals surface area contributed by atoms with Crippen LogP contribution in [-0.2, 0) is 14.8 Å². The van der Waals surface area contributed by atoms with E-state index in [1.165, 1.54) is 29.9 Å². The van der Waals surface area contributed by atoms with Gasteiger partial charge in [-0.2, -0.15) is 8.99 Å². The van der Waals surface area contributed by atoms with Crippen molar-refractivity contribution in [1.82, 2.24) is 24.5 Å². The molecule has 0 aliphatic carbocycles. The number of carbonyl (C=O) groups is 1. The Morgan fingerprint density at radius 1 is 1.37 bits per heavy atom. The smallest absolute Gasteiger partial charge is 0.252 e. The molecule has 0 fully saturated rings. The summed E-state index contributed by atoms with van der Waals surface area (Å²) in [6, 6.07) is 7.05. The first-order valence-electron chi connectivity index (χ1n) is 7.63. The largest absolute Gasteiger partial charge is 0.322 e. The maximum Gasteiger partial charge on any atom is 0.252 e. The first-order valence-corrected chi connectivity index (χ1v) is 9.95. The molecule has 0 atom stereocenters. The molecular weight excluding hydrogens is 395 g/mol. The molecule has 2 aromatic heterocycles. The van der Waals surface area contributed by atoms with E-state index in [4.69, 9.17) is 0 Å². The highest BCUT2D eigenvalue weighted by molar-refractivity contribution is 7.91. The molecule has 2 heterocycles. The minimum absolute atomic E-state index is 0.102. The number of rotatable bonds is 6. The molecule has 1 amide bonds. The zero-order chi connectivity index (χ0) is 19.6. The lowest BCUT2D eigenvalue weighted by Crippen LogP contribution is -2.34. The van der Waals surface area contributed by atoms with Crippen LogP contribution in [0.25, 0.3) is 5.69 Å². The van der Waals surface area contributed by atoms with Gasteiger partial charge in [-0.05, 0) is 47.0 Å². The van der Waals surface area contributed by atoms with Gasteiger partial charge in [0.05, 0.1) is 17.9 Å². The van der Waals surface area contributed by atoms with Gasteiger partial charge >= 0.3 is 0 Å². The number of aryl methyl sites for hydroxylation is 1. The van der Waals surface area contributed by atoms with Gasteiger partial charge in [0.1, 0.15) is 10.0 Å². The molecule has 1 aromatic carbocycles. The zero-order valence-electron chi connectivity index (χ0n) is 14.3. The second-order valence-corrected chi connectivity index (χ2v) is 8.76. The number of halogens is 1. The Hall–Kier alpha value is -2.70. The molecule has 3 aromatic rings. The van der Waals surface area contributed by atoms with E-state index in [0.29, 0.717) is 11.5 Å². The quantitative estimate of drug-likeness (QED) is 0.658. The van der Waals surface area contributed by atoms with Gasteiger partial charge in [-0.3, -0.25) is 4.79 Å². The third-order valence-electron chi connectivity index (χ3n) is 3.62. The average molecular weight is 410 g/mol. The lowest BCUT2D eigenvalue weighted by atomic mass is 10.2. The number of likely N-dealkylation sites (N-methyl/N-ethyl adjacent to an activating group) is 1. The molecule has 12 heteroatoms. The molecule has 0 aliphatic rings. The van der Waals surface area contributed by atoms with Crippen LogP contribution in [0.3, 0.4) is 0 Å². The fourth-order valence-corrected chi connectivity index (χ4v) is 4.58. The van der Waals surface area contributed by atoms with Gasteiger partial charge in [-0.1, -0.05) is 6.07 Å². The highest BCUT2D eigenvalue weighted by atomic mass is 32.2. The third kappa shape index (κ3) is 4.02. The van der Waals surface area contributed by atoms with E-state index < -0.39 is 28.3 Å². The summed E-state index contributed by atoms with van der Waals surface area (Å²) in [6.07, 6.45) is 0. The number of nitrogens with zero attached hydrogens (tertiary/aromatic N) is 5. The second kappa shape index (κ2) is 7.50. The first-order chi connectivity index (χ1) is 12.8. The molecule has 1 N–H and O–H groups in total. The van der Waals surface area contributed by atoms with Crippen molar-refractivity contribution in [1.29, 1.82) is 0 Å². The van der Waals surface area contributed by atoms with Gasteiger partial charge in [0, 0.05) is 7.05 Å². The maximum absolute atomic E-state index is 14.1. The van der Waals surface area contributed by atoms with E-state index in [1.54, 1.807) is 18.4 Å². The van der Waals surface area contributed by atoms with Gasteiger partial charge in [-0.25, -0.2) is 12.8 Å². The van der Waals surface area contributed by atoms with E-state index in [0.717, 1.165) is 21.7 Å². The van der Waals surface area contributed by atoms with Gasteiger partial charge in [0.2, 0.25) is 5.91 Å². The fraction of sp³-hybridized carbons (Fsp3) is 0.200. The first kappa shape index (κ1) is 19.1. The number of anilines is 1. The Kier molecular flexibility index (Phi) is 5.30. The van der Waals surface area contributed by atoms with E-state index in [-0.39, 0.29) is 9.90 Å². The molecule has 0 saturated heterocycles. The molecule has 0 spiro atoms. The number of carbonyl (C=O) groups excluding carboxylic acids is 1. The Balaban J connectivity index is 1.75. The van der Waals surface area contributed by atoms with E-state index in [2.05, 4.69) is 20.8 Å². The van der Waals surface area contributed by atoms with Crippen LogP contribution in [0.5, 0.6) is 0 Å². The summed E-state index contributed by atoms with van der Waals surface area (Å²) in [5.74, 6) is -0.857. The molecule has 0 saturated carbocycles. The van der Waals surface area contributed by atoms with E-state index in [9.17, 15) is 17.6 Å². The Bertz CT molecular complexity index is 1070. The average Bonchev–Trinajstić information content (AvgIpc) is 3.28. The lowest BCUT2D eigenvalue weighted by molar-refractivity contribution is -0.116. The number of sulfonamides is 1. The molecule has 9 nitrogen and oxygen atoms in total. The predicted molar refractivity (Wildman–Crippen MR) is 96.6 cm³/mol. The number of tetrazole rings is 1. The molecule has 0 aliphatic heterocycles. The van der Waals surface area contributed by atoms with Crippen LogP contribution in [0.1, 0.15) is 5.82 Å². The Morgan fingerprint density at radius 3 is 2.78 bits per heavy atom. The number of hydrogen-bond acceptors (Lipinski definition) is 7. The zero-order valence-corrected chi connectivity index (χ0v) is 16.0. The van der Waals surface area contributed by atoms with Gasteiger partial charge in [-0.15, -0.1) is 16.4 Å². The molecule has 0 bridgehead atoms. The van der Waals surface area contributed by atoms with Crippen LogP contribution in [0, 0.1) is 12.7 Å². The fourth-order valence-electron chi connectivity index (χ4n) is 2.25. The van der Waals surface area contributed by atoms with Crippen LogP contribution >= 0.6 is 11.3 Å². The summed E-state index contributed by atoms with van der Waals surface area (Å²) in [5.41, 5.74) is 0.350. The molecule has 3 rings (SSSR count). The lowest BCUT2D eigenvalue weighted by Gasteiger charge is -2.16. The predicted octanol–water partition coefficient (Wildman–Crippen LogP) is 1.43. The van der Waals surface area contributed by atoms with Crippen LogP contribution in [0.2, 0.25) is 0 Å². The number of nitrogens with one attached hydrogen (secondary N) is 1. The molecular formula is C15H15FN6O3S2. The van der Waals surface area contributed by atoms with Crippen molar-refractivity contribution in [2.24, 2.45) is 0 Å². The van der Waals surface area contributed by atoms with Crippen molar-refractivity contribution < 1.29 is 17.6 Å². The van der Waals surface area contributed by atoms with Crippen molar-refractivity contribution >= 4 is 33.0 Å². The SMILES string of the molecule is Cc1nnnn1-c1ccc(F)c(NC(=O)CN(C)S(=O)(=O)c2cccs2)c1. The summed E-state index contributed by atoms with van der Waals surface area (Å²) >= 11 is 1.05. The topological polar surface area (TPSA) is 110 Å². The van der Waals surface area contributed by atoms with Crippen LogP contribution in [0.15, 0.2) is 39.9 Å². The van der Waals surface area contributed by atoms with Crippen LogP contribution in [0.4, 0.5) is 10.1 Å².